The van der Waals surface area contributed by atoms with Crippen LogP contribution >= 0.6 is 11.6 Å². The molecule has 0 aliphatic carbocycles. The zero-order valence-electron chi connectivity index (χ0n) is 7.16. The van der Waals surface area contributed by atoms with Gasteiger partial charge in [0.15, 0.2) is 0 Å². The number of rotatable bonds is 2. The fraction of sp³-hybridized carbons (Fsp3) is 0.444. The Morgan fingerprint density at radius 2 is 2.54 bits per heavy atom. The molecule has 1 aromatic heterocycles. The lowest BCUT2D eigenvalue weighted by Gasteiger charge is -2.11. The van der Waals surface area contributed by atoms with E-state index in [9.17, 15) is 0 Å². The molecule has 1 aliphatic heterocycles. The van der Waals surface area contributed by atoms with Crippen molar-refractivity contribution in [1.29, 1.82) is 0 Å². The van der Waals surface area contributed by atoms with Crippen molar-refractivity contribution in [2.24, 2.45) is 0 Å². The Balaban J connectivity index is 2.04. The summed E-state index contributed by atoms with van der Waals surface area (Å²) in [6.45, 7) is 1.89. The number of halogens is 1. The maximum atomic E-state index is 5.89. The van der Waals surface area contributed by atoms with Gasteiger partial charge in [-0.2, -0.15) is 0 Å². The number of ether oxygens (including phenoxy) is 1. The van der Waals surface area contributed by atoms with Gasteiger partial charge in [-0.15, -0.1) is 0 Å². The zero-order valence-corrected chi connectivity index (χ0v) is 7.92. The number of aromatic nitrogens is 1. The SMILES string of the molecule is Clc1cccnc1O[C@H]1CCNC1. The molecule has 13 heavy (non-hydrogen) atoms. The Labute approximate surface area is 82.1 Å². The maximum absolute atomic E-state index is 5.89. The molecule has 2 rings (SSSR count). The Kier molecular flexibility index (Phi) is 2.66. The van der Waals surface area contributed by atoms with Crippen molar-refractivity contribution in [2.75, 3.05) is 13.1 Å². The van der Waals surface area contributed by atoms with Gasteiger partial charge in [0, 0.05) is 12.7 Å². The molecule has 4 heteroatoms. The molecule has 0 radical (unpaired) electrons. The first kappa shape index (κ1) is 8.78. The molecule has 0 aromatic carbocycles. The Morgan fingerprint density at radius 3 is 3.23 bits per heavy atom. The summed E-state index contributed by atoms with van der Waals surface area (Å²) in [4.78, 5) is 4.06. The Bertz CT molecular complexity index is 287. The van der Waals surface area contributed by atoms with Crippen LogP contribution in [-0.4, -0.2) is 24.2 Å². The minimum atomic E-state index is 0.215. The fourth-order valence-corrected chi connectivity index (χ4v) is 1.51. The quantitative estimate of drug-likeness (QED) is 0.782. The first-order chi connectivity index (χ1) is 6.36. The first-order valence-corrected chi connectivity index (χ1v) is 4.72. The number of hydrogen-bond donors (Lipinski definition) is 1. The number of nitrogens with one attached hydrogen (secondary N) is 1. The van der Waals surface area contributed by atoms with E-state index in [0.29, 0.717) is 10.9 Å². The van der Waals surface area contributed by atoms with Gasteiger partial charge < -0.3 is 10.1 Å². The van der Waals surface area contributed by atoms with Crippen LogP contribution in [0.5, 0.6) is 5.88 Å². The van der Waals surface area contributed by atoms with Crippen molar-refractivity contribution in [1.82, 2.24) is 10.3 Å². The van der Waals surface area contributed by atoms with E-state index in [2.05, 4.69) is 10.3 Å². The largest absolute Gasteiger partial charge is 0.472 e. The summed E-state index contributed by atoms with van der Waals surface area (Å²) < 4.78 is 5.60. The number of pyridine rings is 1. The third-order valence-corrected chi connectivity index (χ3v) is 2.31. The van der Waals surface area contributed by atoms with Crippen LogP contribution in [0.4, 0.5) is 0 Å². The summed E-state index contributed by atoms with van der Waals surface area (Å²) in [5.41, 5.74) is 0. The topological polar surface area (TPSA) is 34.1 Å². The molecule has 2 heterocycles. The van der Waals surface area contributed by atoms with Gasteiger partial charge in [0.25, 0.3) is 0 Å². The lowest BCUT2D eigenvalue weighted by atomic mass is 10.3. The summed E-state index contributed by atoms with van der Waals surface area (Å²) in [7, 11) is 0. The van der Waals surface area contributed by atoms with Crippen LogP contribution in [0.2, 0.25) is 5.02 Å². The average molecular weight is 199 g/mol. The summed E-state index contributed by atoms with van der Waals surface area (Å²) in [5, 5.41) is 3.79. The van der Waals surface area contributed by atoms with E-state index >= 15 is 0 Å². The second-order valence-electron chi connectivity index (χ2n) is 3.02. The van der Waals surface area contributed by atoms with Gasteiger partial charge in [0.1, 0.15) is 11.1 Å². The van der Waals surface area contributed by atoms with E-state index in [1.807, 2.05) is 0 Å². The first-order valence-electron chi connectivity index (χ1n) is 4.34. The second-order valence-corrected chi connectivity index (χ2v) is 3.43. The average Bonchev–Trinajstić information content (AvgIpc) is 2.61. The van der Waals surface area contributed by atoms with Crippen LogP contribution in [-0.2, 0) is 0 Å². The van der Waals surface area contributed by atoms with Crippen molar-refractivity contribution in [3.8, 4) is 5.88 Å². The standard InChI is InChI=1S/C9H11ClN2O/c10-8-2-1-4-12-9(8)13-7-3-5-11-6-7/h1-2,4,7,11H,3,5-6H2/t7-/m0/s1. The summed E-state index contributed by atoms with van der Waals surface area (Å²) >= 11 is 5.89. The lowest BCUT2D eigenvalue weighted by Crippen LogP contribution is -2.20. The fourth-order valence-electron chi connectivity index (χ4n) is 1.34. The van der Waals surface area contributed by atoms with Crippen LogP contribution < -0.4 is 10.1 Å². The molecule has 0 amide bonds. The molecule has 1 aromatic rings. The van der Waals surface area contributed by atoms with Crippen molar-refractivity contribution in [2.45, 2.75) is 12.5 Å². The van der Waals surface area contributed by atoms with Crippen molar-refractivity contribution in [3.05, 3.63) is 23.4 Å². The van der Waals surface area contributed by atoms with Gasteiger partial charge in [-0.1, -0.05) is 11.6 Å². The van der Waals surface area contributed by atoms with Gasteiger partial charge in [-0.25, -0.2) is 4.98 Å². The van der Waals surface area contributed by atoms with Crippen molar-refractivity contribution in [3.63, 3.8) is 0 Å². The van der Waals surface area contributed by atoms with E-state index in [1.165, 1.54) is 0 Å². The highest BCUT2D eigenvalue weighted by Crippen LogP contribution is 2.22. The molecule has 1 atom stereocenters. The van der Waals surface area contributed by atoms with Gasteiger partial charge in [-0.05, 0) is 25.1 Å². The number of hydrogen-bond acceptors (Lipinski definition) is 3. The minimum Gasteiger partial charge on any atom is -0.472 e. The lowest BCUT2D eigenvalue weighted by molar-refractivity contribution is 0.214. The summed E-state index contributed by atoms with van der Waals surface area (Å²) in [6.07, 6.45) is 2.92. The highest BCUT2D eigenvalue weighted by Gasteiger charge is 2.17. The van der Waals surface area contributed by atoms with Crippen LogP contribution in [0.3, 0.4) is 0 Å². The van der Waals surface area contributed by atoms with Crippen LogP contribution in [0.15, 0.2) is 18.3 Å². The van der Waals surface area contributed by atoms with E-state index in [-0.39, 0.29) is 6.10 Å². The third-order valence-electron chi connectivity index (χ3n) is 2.02. The molecule has 1 saturated heterocycles. The predicted octanol–water partition coefficient (Wildman–Crippen LogP) is 1.48. The van der Waals surface area contributed by atoms with Gasteiger partial charge >= 0.3 is 0 Å². The molecule has 1 N–H and O–H groups in total. The maximum Gasteiger partial charge on any atom is 0.232 e. The van der Waals surface area contributed by atoms with Crippen LogP contribution in [0.25, 0.3) is 0 Å². The van der Waals surface area contributed by atoms with Crippen molar-refractivity contribution < 1.29 is 4.74 Å². The Hall–Kier alpha value is -0.800. The van der Waals surface area contributed by atoms with Gasteiger partial charge in [0.05, 0.1) is 0 Å². The van der Waals surface area contributed by atoms with Crippen LogP contribution in [0, 0.1) is 0 Å². The van der Waals surface area contributed by atoms with Crippen LogP contribution in [0.1, 0.15) is 6.42 Å². The van der Waals surface area contributed by atoms with Gasteiger partial charge in [0.2, 0.25) is 5.88 Å². The summed E-state index contributed by atoms with van der Waals surface area (Å²) in [5.74, 6) is 0.540. The van der Waals surface area contributed by atoms with Gasteiger partial charge in [-0.3, -0.25) is 0 Å². The summed E-state index contributed by atoms with van der Waals surface area (Å²) in [6, 6.07) is 3.58. The second kappa shape index (κ2) is 3.94. The number of nitrogens with zero attached hydrogens (tertiary/aromatic N) is 1. The molecule has 0 bridgehead atoms. The highest BCUT2D eigenvalue weighted by atomic mass is 35.5. The van der Waals surface area contributed by atoms with Crippen molar-refractivity contribution >= 4 is 11.6 Å². The molecular formula is C9H11ClN2O. The predicted molar refractivity (Wildman–Crippen MR) is 51.1 cm³/mol. The molecule has 1 fully saturated rings. The molecule has 1 aliphatic rings. The monoisotopic (exact) mass is 198 g/mol. The normalized spacial score (nSPS) is 21.8. The molecule has 0 spiro atoms. The molecule has 70 valence electrons. The van der Waals surface area contributed by atoms with E-state index in [1.54, 1.807) is 18.3 Å². The highest BCUT2D eigenvalue weighted by molar-refractivity contribution is 6.31. The zero-order chi connectivity index (χ0) is 9.10. The minimum absolute atomic E-state index is 0.215. The van der Waals surface area contributed by atoms with E-state index < -0.39 is 0 Å². The molecule has 3 nitrogen and oxygen atoms in total. The molecule has 0 unspecified atom stereocenters. The smallest absolute Gasteiger partial charge is 0.232 e. The molecular weight excluding hydrogens is 188 g/mol. The third kappa shape index (κ3) is 2.11. The van der Waals surface area contributed by atoms with E-state index in [0.717, 1.165) is 19.5 Å². The Morgan fingerprint density at radius 1 is 1.62 bits per heavy atom. The van der Waals surface area contributed by atoms with E-state index in [4.69, 9.17) is 16.3 Å². The molecule has 0 saturated carbocycles.